The Morgan fingerprint density at radius 1 is 1.18 bits per heavy atom. The second kappa shape index (κ2) is 8.75. The van der Waals surface area contributed by atoms with Gasteiger partial charge in [0.2, 0.25) is 0 Å². The number of aromatic carboxylic acids is 1. The number of hydrogen-bond acceptors (Lipinski definition) is 4. The first-order valence-electron chi connectivity index (χ1n) is 12.3. The van der Waals surface area contributed by atoms with Gasteiger partial charge in [0.15, 0.2) is 5.82 Å². The van der Waals surface area contributed by atoms with Gasteiger partial charge < -0.3 is 19.5 Å². The van der Waals surface area contributed by atoms with Crippen LogP contribution in [0.2, 0.25) is 0 Å². The topological polar surface area (TPSA) is 100 Å². The van der Waals surface area contributed by atoms with Crippen LogP contribution in [-0.4, -0.2) is 44.2 Å². The molecule has 6 rings (SSSR count). The minimum absolute atomic E-state index is 0.0824. The molecule has 0 spiro atoms. The van der Waals surface area contributed by atoms with E-state index >= 15 is 4.39 Å². The van der Waals surface area contributed by atoms with Crippen molar-refractivity contribution in [3.05, 3.63) is 83.2 Å². The fourth-order valence-corrected chi connectivity index (χ4v) is 5.85. The highest BCUT2D eigenvalue weighted by Crippen LogP contribution is 2.50. The van der Waals surface area contributed by atoms with E-state index in [1.807, 2.05) is 0 Å². The smallest absolute Gasteiger partial charge is 0.335 e. The molecule has 1 aliphatic rings. The van der Waals surface area contributed by atoms with Crippen molar-refractivity contribution in [1.29, 1.82) is 0 Å². The van der Waals surface area contributed by atoms with Gasteiger partial charge in [-0.15, -0.1) is 0 Å². The lowest BCUT2D eigenvalue weighted by Crippen LogP contribution is -2.38. The average molecular weight is 518 g/mol. The highest BCUT2D eigenvalue weighted by atomic mass is 19.1. The fraction of sp³-hybridized carbons (Fsp3) is 0.241. The number of aliphatic hydroxyl groups is 1. The van der Waals surface area contributed by atoms with Crippen LogP contribution in [0.1, 0.15) is 40.9 Å². The van der Waals surface area contributed by atoms with Crippen molar-refractivity contribution in [3.8, 4) is 16.8 Å². The molecule has 0 aliphatic heterocycles. The zero-order valence-corrected chi connectivity index (χ0v) is 20.8. The Hall–Kier alpha value is -4.08. The molecule has 0 radical (unpaired) electrons. The minimum atomic E-state index is -1.50. The number of aryl methyl sites for hydroxylation is 1. The van der Waals surface area contributed by atoms with E-state index in [0.29, 0.717) is 58.2 Å². The number of hydrogen-bond donors (Lipinski definition) is 3. The molecule has 0 bridgehead atoms. The van der Waals surface area contributed by atoms with E-state index in [2.05, 4.69) is 10.2 Å². The van der Waals surface area contributed by atoms with Crippen LogP contribution < -0.4 is 0 Å². The quantitative estimate of drug-likeness (QED) is 0.272. The highest BCUT2D eigenvalue weighted by molar-refractivity contribution is 6.06. The summed E-state index contributed by atoms with van der Waals surface area (Å²) in [6.07, 6.45) is 2.60. The van der Waals surface area contributed by atoms with E-state index in [-0.39, 0.29) is 22.3 Å². The van der Waals surface area contributed by atoms with Gasteiger partial charge in [-0.1, -0.05) is 12.1 Å². The van der Waals surface area contributed by atoms with Crippen molar-refractivity contribution >= 4 is 27.8 Å². The van der Waals surface area contributed by atoms with Crippen LogP contribution in [0.15, 0.2) is 54.7 Å². The number of H-pyrrole nitrogens is 1. The number of aromatic nitrogens is 3. The summed E-state index contributed by atoms with van der Waals surface area (Å²) in [6, 6.07) is 12.5. The zero-order chi connectivity index (χ0) is 26.8. The first kappa shape index (κ1) is 24.3. The van der Waals surface area contributed by atoms with Crippen molar-refractivity contribution in [2.75, 3.05) is 7.11 Å². The number of halogens is 2. The predicted molar refractivity (Wildman–Crippen MR) is 139 cm³/mol. The van der Waals surface area contributed by atoms with Gasteiger partial charge in [-0.3, -0.25) is 5.10 Å². The van der Waals surface area contributed by atoms with Crippen LogP contribution in [0.5, 0.6) is 0 Å². The summed E-state index contributed by atoms with van der Waals surface area (Å²) in [5, 5.41) is 29.2. The second-order valence-electron chi connectivity index (χ2n) is 9.83. The molecule has 2 unspecified atom stereocenters. The average Bonchev–Trinajstić information content (AvgIpc) is 3.62. The van der Waals surface area contributed by atoms with Gasteiger partial charge in [0, 0.05) is 29.1 Å². The number of methoxy groups -OCH3 is 1. The zero-order valence-electron chi connectivity index (χ0n) is 20.8. The van der Waals surface area contributed by atoms with Gasteiger partial charge in [-0.25, -0.2) is 13.6 Å². The van der Waals surface area contributed by atoms with Crippen LogP contribution in [0, 0.1) is 18.6 Å². The molecule has 9 heteroatoms. The number of benzene rings is 3. The number of carboxylic acid groups (broad SMARTS) is 1. The number of carboxylic acids is 1. The molecule has 3 aromatic carbocycles. The van der Waals surface area contributed by atoms with E-state index in [0.717, 1.165) is 0 Å². The molecule has 7 nitrogen and oxygen atoms in total. The van der Waals surface area contributed by atoms with Gasteiger partial charge in [-0.05, 0) is 73.7 Å². The van der Waals surface area contributed by atoms with Crippen LogP contribution >= 0.6 is 0 Å². The van der Waals surface area contributed by atoms with Crippen LogP contribution in [0.4, 0.5) is 8.78 Å². The molecule has 0 saturated heterocycles. The largest absolute Gasteiger partial charge is 0.478 e. The maximum atomic E-state index is 16.3. The van der Waals surface area contributed by atoms with Crippen molar-refractivity contribution in [3.63, 3.8) is 0 Å². The summed E-state index contributed by atoms with van der Waals surface area (Å²) in [6.45, 7) is 1.65. The van der Waals surface area contributed by atoms with Gasteiger partial charge >= 0.3 is 5.97 Å². The monoisotopic (exact) mass is 517 g/mol. The minimum Gasteiger partial charge on any atom is -0.478 e. The lowest BCUT2D eigenvalue weighted by Gasteiger charge is -2.32. The Kier molecular flexibility index (Phi) is 5.59. The van der Waals surface area contributed by atoms with Crippen LogP contribution in [0.25, 0.3) is 38.6 Å². The van der Waals surface area contributed by atoms with E-state index in [1.54, 1.807) is 41.8 Å². The lowest BCUT2D eigenvalue weighted by molar-refractivity contribution is -0.0806. The van der Waals surface area contributed by atoms with Crippen molar-refractivity contribution in [2.45, 2.75) is 37.9 Å². The number of carbonyl (C=O) groups is 1. The molecule has 2 aromatic heterocycles. The molecule has 2 heterocycles. The van der Waals surface area contributed by atoms with Gasteiger partial charge in [0.05, 0.1) is 29.1 Å². The number of nitrogens with one attached hydrogen (secondary N) is 1. The number of nitrogens with zero attached hydrogens (tertiary/aromatic N) is 2. The highest BCUT2D eigenvalue weighted by Gasteiger charge is 2.48. The molecule has 1 aliphatic carbocycles. The summed E-state index contributed by atoms with van der Waals surface area (Å²) < 4.78 is 38.2. The summed E-state index contributed by atoms with van der Waals surface area (Å²) in [5.74, 6) is -2.02. The maximum absolute atomic E-state index is 16.3. The molecule has 38 heavy (non-hydrogen) atoms. The SMILES string of the molecule is COC1CCCC1(O)c1c(-c2ccc(C(=O)O)cc2)c2c(F)c3[nH]ncc3cc2n1-c1ccc(F)c(C)c1. The maximum Gasteiger partial charge on any atom is 0.335 e. The molecule has 194 valence electrons. The molecular formula is C29H25F2N3O4. The predicted octanol–water partition coefficient (Wildman–Crippen LogP) is 5.85. The standard InChI is InChI=1S/C29H25F2N3O4/c1-15-12-19(9-10-20(15)30)34-21-13-18-14-32-33-26(18)25(31)24(21)23(16-5-7-17(8-6-16)28(35)36)27(34)29(37)11-3-4-22(29)38-2/h5-10,12-14,22,37H,3-4,11H2,1-2H3,(H,32,33)(H,35,36). The first-order valence-corrected chi connectivity index (χ1v) is 12.3. The number of rotatable bonds is 5. The number of aromatic amines is 1. The normalized spacial score (nSPS) is 19.6. The van der Waals surface area contributed by atoms with Crippen LogP contribution in [-0.2, 0) is 10.3 Å². The number of fused-ring (bicyclic) bond motifs is 2. The molecule has 0 amide bonds. The van der Waals surface area contributed by atoms with Gasteiger partial charge in [-0.2, -0.15) is 5.10 Å². The van der Waals surface area contributed by atoms with Crippen molar-refractivity contribution in [2.24, 2.45) is 0 Å². The molecule has 1 saturated carbocycles. The van der Waals surface area contributed by atoms with Gasteiger partial charge in [0.1, 0.15) is 16.9 Å². The third-order valence-corrected chi connectivity index (χ3v) is 7.68. The lowest BCUT2D eigenvalue weighted by atomic mass is 9.88. The third-order valence-electron chi connectivity index (χ3n) is 7.68. The Morgan fingerprint density at radius 3 is 2.63 bits per heavy atom. The first-order chi connectivity index (χ1) is 18.2. The third kappa shape index (κ3) is 3.46. The van der Waals surface area contributed by atoms with E-state index in [1.165, 1.54) is 31.5 Å². The van der Waals surface area contributed by atoms with Crippen molar-refractivity contribution in [1.82, 2.24) is 14.8 Å². The van der Waals surface area contributed by atoms with E-state index in [4.69, 9.17) is 4.74 Å². The van der Waals surface area contributed by atoms with Gasteiger partial charge in [0.25, 0.3) is 0 Å². The molecular weight excluding hydrogens is 492 g/mol. The molecule has 5 aromatic rings. The Balaban J connectivity index is 1.81. The summed E-state index contributed by atoms with van der Waals surface area (Å²) in [5.41, 5.74) is 1.55. The summed E-state index contributed by atoms with van der Waals surface area (Å²) in [7, 11) is 1.53. The fourth-order valence-electron chi connectivity index (χ4n) is 5.85. The number of ether oxygens (including phenoxy) is 1. The molecule has 2 atom stereocenters. The summed E-state index contributed by atoms with van der Waals surface area (Å²) in [4.78, 5) is 11.5. The van der Waals surface area contributed by atoms with Crippen molar-refractivity contribution < 1.29 is 28.5 Å². The Bertz CT molecular complexity index is 1720. The Labute approximate surface area is 216 Å². The van der Waals surface area contributed by atoms with E-state index < -0.39 is 23.5 Å². The second-order valence-corrected chi connectivity index (χ2v) is 9.83. The summed E-state index contributed by atoms with van der Waals surface area (Å²) >= 11 is 0. The van der Waals surface area contributed by atoms with E-state index in [9.17, 15) is 19.4 Å². The Morgan fingerprint density at radius 2 is 1.95 bits per heavy atom. The van der Waals surface area contributed by atoms with Crippen LogP contribution in [0.3, 0.4) is 0 Å². The molecule has 3 N–H and O–H groups in total. The molecule has 1 fully saturated rings.